The maximum absolute atomic E-state index is 9.55. The molecule has 114 valence electrons. The first-order valence-corrected chi connectivity index (χ1v) is 7.84. The van der Waals surface area contributed by atoms with Crippen molar-refractivity contribution in [3.8, 4) is 40.2 Å². The third kappa shape index (κ3) is 8.58. The van der Waals surface area contributed by atoms with E-state index in [4.69, 9.17) is 4.74 Å². The number of methoxy groups -OCH3 is 1. The third-order valence-electron chi connectivity index (χ3n) is 2.34. The van der Waals surface area contributed by atoms with E-state index in [0.29, 0.717) is 6.29 Å². The summed E-state index contributed by atoms with van der Waals surface area (Å²) in [4.78, 5) is 11.9. The lowest BCUT2D eigenvalue weighted by Crippen LogP contribution is -2.12. The van der Waals surface area contributed by atoms with Gasteiger partial charge in [-0.25, -0.2) is 0 Å². The van der Waals surface area contributed by atoms with Gasteiger partial charge in [-0.05, 0) is 58.0 Å². The van der Waals surface area contributed by atoms with Crippen LogP contribution in [0.25, 0.3) is 0 Å². The molecule has 2 nitrogen and oxygen atoms in total. The molecule has 0 aliphatic rings. The molecule has 0 fully saturated rings. The second-order valence-electron chi connectivity index (χ2n) is 4.95. The number of aldehydes is 1. The van der Waals surface area contributed by atoms with Crippen LogP contribution in [0.4, 0.5) is 0 Å². The van der Waals surface area contributed by atoms with Gasteiger partial charge in [-0.1, -0.05) is 36.7 Å². The fourth-order valence-corrected chi connectivity index (χ4v) is 1.88. The zero-order valence-electron chi connectivity index (χ0n) is 12.9. The molecule has 0 aromatic heterocycles. The number of ether oxygens (including phenoxy) is 1. The molecule has 0 aliphatic carbocycles. The molecule has 22 heavy (non-hydrogen) atoms. The molecule has 0 radical (unpaired) electrons. The van der Waals surface area contributed by atoms with Crippen molar-refractivity contribution in [3.63, 3.8) is 0 Å². The summed E-state index contributed by atoms with van der Waals surface area (Å²) in [5.41, 5.74) is 1.35. The topological polar surface area (TPSA) is 26.3 Å². The van der Waals surface area contributed by atoms with Crippen molar-refractivity contribution in [2.45, 2.75) is 26.2 Å². The number of hydrogen-bond acceptors (Lipinski definition) is 2. The van der Waals surface area contributed by atoms with Gasteiger partial charge in [-0.2, -0.15) is 0 Å². The number of carbonyl (C=O) groups excluding carboxylic acids is 1. The first-order valence-electron chi connectivity index (χ1n) is 6.25. The van der Waals surface area contributed by atoms with E-state index < -0.39 is 0 Å². The lowest BCUT2D eigenvalue weighted by atomic mass is 9.86. The Bertz CT molecular complexity index is 681. The fourth-order valence-electron chi connectivity index (χ4n) is 1.42. The van der Waals surface area contributed by atoms with E-state index in [-0.39, 0.29) is 5.41 Å². The van der Waals surface area contributed by atoms with Gasteiger partial charge in [0.1, 0.15) is 5.75 Å². The summed E-state index contributed by atoms with van der Waals surface area (Å²) >= 11 is 6.30. The van der Waals surface area contributed by atoms with Crippen LogP contribution in [0.2, 0.25) is 0 Å². The third-order valence-corrected chi connectivity index (χ3v) is 3.03. The van der Waals surface area contributed by atoms with E-state index >= 15 is 0 Å². The van der Waals surface area contributed by atoms with Gasteiger partial charge in [-0.15, -0.1) is 0 Å². The van der Waals surface area contributed by atoms with Crippen LogP contribution in [0.3, 0.4) is 0 Å². The van der Waals surface area contributed by atoms with Gasteiger partial charge in [-0.3, -0.25) is 4.79 Å². The largest absolute Gasteiger partial charge is 0.496 e. The summed E-state index contributed by atoms with van der Waals surface area (Å²) in [7, 11) is 1.71. The van der Waals surface area contributed by atoms with Gasteiger partial charge in [0, 0.05) is 26.0 Å². The highest BCUT2D eigenvalue weighted by atomic mass is 79.9. The Labute approximate surface area is 149 Å². The summed E-state index contributed by atoms with van der Waals surface area (Å²) in [5.74, 6) is 12.5. The molecule has 0 N–H and O–H groups in total. The normalized spacial score (nSPS) is 8.45. The van der Waals surface area contributed by atoms with Gasteiger partial charge in [0.05, 0.1) is 7.11 Å². The smallest absolute Gasteiger partial charge is 0.193 e. The molecule has 1 aromatic carbocycles. The van der Waals surface area contributed by atoms with Crippen LogP contribution in [-0.2, 0) is 10.2 Å². The number of rotatable bonds is 1. The van der Waals surface area contributed by atoms with E-state index in [9.17, 15) is 4.79 Å². The molecule has 0 atom stereocenters. The molecule has 0 heterocycles. The van der Waals surface area contributed by atoms with E-state index in [1.807, 2.05) is 12.1 Å². The van der Waals surface area contributed by atoms with E-state index in [2.05, 4.69) is 93.1 Å². The summed E-state index contributed by atoms with van der Waals surface area (Å²) in [6, 6.07) is 6.09. The van der Waals surface area contributed by atoms with Crippen molar-refractivity contribution < 1.29 is 9.53 Å². The zero-order chi connectivity index (χ0) is 17.0. The highest BCUT2D eigenvalue weighted by molar-refractivity contribution is 9.12. The van der Waals surface area contributed by atoms with Crippen LogP contribution < -0.4 is 4.74 Å². The van der Waals surface area contributed by atoms with Crippen molar-refractivity contribution in [3.05, 3.63) is 28.2 Å². The minimum atomic E-state index is 0.120. The monoisotopic (exact) mass is 422 g/mol. The van der Waals surface area contributed by atoms with Gasteiger partial charge >= 0.3 is 0 Å². The second kappa shape index (κ2) is 11.0. The number of hydrogen-bond donors (Lipinski definition) is 0. The summed E-state index contributed by atoms with van der Waals surface area (Å²) in [6.45, 7) is 6.53. The summed E-state index contributed by atoms with van der Waals surface area (Å²) in [6.07, 6.45) is 0.482. The summed E-state index contributed by atoms with van der Waals surface area (Å²) < 4.78 is 6.40. The molecule has 0 bridgehead atoms. The number of carbonyl (C=O) groups is 1. The van der Waals surface area contributed by atoms with Crippen molar-refractivity contribution in [1.29, 1.82) is 0 Å². The summed E-state index contributed by atoms with van der Waals surface area (Å²) in [5, 5.41) is 0. The molecule has 0 amide bonds. The minimum absolute atomic E-state index is 0.120. The van der Waals surface area contributed by atoms with Gasteiger partial charge in [0.2, 0.25) is 0 Å². The van der Waals surface area contributed by atoms with Gasteiger partial charge in [0.25, 0.3) is 0 Å². The highest BCUT2D eigenvalue weighted by Crippen LogP contribution is 2.33. The van der Waals surface area contributed by atoms with Crippen LogP contribution in [0.1, 0.15) is 26.3 Å². The van der Waals surface area contributed by atoms with E-state index in [0.717, 1.165) is 10.2 Å². The van der Waals surface area contributed by atoms with Crippen LogP contribution in [0.5, 0.6) is 5.75 Å². The number of benzene rings is 1. The van der Waals surface area contributed by atoms with E-state index in [1.165, 1.54) is 5.56 Å². The molecule has 4 heteroatoms. The standard InChI is InChI=1S/C11H15BrO.C7HBrO/c1-11(2,3)9-7-8(12)5-6-10(9)13-4;8-6-4-2-1-3-5-7-9/h5-7H,1-4H3;7H. The van der Waals surface area contributed by atoms with Crippen molar-refractivity contribution >= 4 is 38.1 Å². The lowest BCUT2D eigenvalue weighted by molar-refractivity contribution is -0.103. The fraction of sp³-hybridized carbons (Fsp3) is 0.278. The first kappa shape index (κ1) is 20.3. The Hall–Kier alpha value is -1.67. The number of halogens is 2. The Kier molecular flexibility index (Phi) is 10.1. The van der Waals surface area contributed by atoms with Crippen molar-refractivity contribution in [2.75, 3.05) is 7.11 Å². The quantitative estimate of drug-likeness (QED) is 0.497. The predicted molar refractivity (Wildman–Crippen MR) is 97.7 cm³/mol. The van der Waals surface area contributed by atoms with E-state index in [1.54, 1.807) is 7.11 Å². The second-order valence-corrected chi connectivity index (χ2v) is 6.26. The Balaban J connectivity index is 0.000000433. The van der Waals surface area contributed by atoms with Gasteiger partial charge < -0.3 is 4.74 Å². The molecule has 1 rings (SSSR count). The average Bonchev–Trinajstić information content (AvgIpc) is 2.47. The Morgan fingerprint density at radius 3 is 2.27 bits per heavy atom. The van der Waals surface area contributed by atoms with Crippen molar-refractivity contribution in [1.82, 2.24) is 0 Å². The SMILES string of the molecule is COc1ccc(Br)cc1C(C)(C)C.O=CC#CC#CC#CBr. The van der Waals surface area contributed by atoms with Crippen LogP contribution in [0.15, 0.2) is 22.7 Å². The first-order chi connectivity index (χ1) is 10.4. The Morgan fingerprint density at radius 1 is 1.14 bits per heavy atom. The molecule has 0 saturated carbocycles. The van der Waals surface area contributed by atoms with Crippen LogP contribution in [-0.4, -0.2) is 13.4 Å². The molecule has 0 unspecified atom stereocenters. The lowest BCUT2D eigenvalue weighted by Gasteiger charge is -2.22. The molecule has 0 spiro atoms. The van der Waals surface area contributed by atoms with Crippen molar-refractivity contribution in [2.24, 2.45) is 0 Å². The maximum atomic E-state index is 9.55. The molecular formula is C18H16Br2O2. The molecular weight excluding hydrogens is 408 g/mol. The predicted octanol–water partition coefficient (Wildman–Crippen LogP) is 4.30. The maximum Gasteiger partial charge on any atom is 0.193 e. The van der Waals surface area contributed by atoms with Gasteiger partial charge in [0.15, 0.2) is 6.29 Å². The Morgan fingerprint density at radius 2 is 1.77 bits per heavy atom. The minimum Gasteiger partial charge on any atom is -0.496 e. The molecule has 0 aliphatic heterocycles. The average molecular weight is 424 g/mol. The zero-order valence-corrected chi connectivity index (χ0v) is 16.1. The molecule has 0 saturated heterocycles. The highest BCUT2D eigenvalue weighted by Gasteiger charge is 2.18. The van der Waals surface area contributed by atoms with Crippen LogP contribution in [0, 0.1) is 34.4 Å². The molecule has 1 aromatic rings. The van der Waals surface area contributed by atoms with Crippen LogP contribution >= 0.6 is 31.9 Å².